The van der Waals surface area contributed by atoms with Crippen LogP contribution < -0.4 is 5.32 Å². The van der Waals surface area contributed by atoms with Crippen molar-refractivity contribution >= 4 is 5.91 Å². The Bertz CT molecular complexity index is 973. The third kappa shape index (κ3) is 4.47. The number of hydrogen-bond acceptors (Lipinski definition) is 6. The molecule has 9 heteroatoms. The highest BCUT2D eigenvalue weighted by atomic mass is 19.1. The van der Waals surface area contributed by atoms with Crippen molar-refractivity contribution in [1.82, 2.24) is 25.3 Å². The molecule has 1 amide bonds. The smallest absolute Gasteiger partial charge is 0.274 e. The number of pyridine rings is 1. The number of nitrogens with zero attached hydrogens (tertiary/aromatic N) is 4. The number of benzene rings is 1. The monoisotopic (exact) mass is 397 g/mol. The normalized spacial score (nSPS) is 16.5. The number of carbonyl (C=O) groups excluding carboxylic acids is 1. The van der Waals surface area contributed by atoms with Gasteiger partial charge in [-0.2, -0.15) is 0 Å². The summed E-state index contributed by atoms with van der Waals surface area (Å²) in [4.78, 5) is 16.8. The zero-order chi connectivity index (χ0) is 20.1. The molecule has 1 aliphatic heterocycles. The van der Waals surface area contributed by atoms with E-state index in [1.165, 1.54) is 10.7 Å². The summed E-state index contributed by atoms with van der Waals surface area (Å²) in [7, 11) is 0. The maximum absolute atomic E-state index is 14.1. The third-order valence-electron chi connectivity index (χ3n) is 4.56. The van der Waals surface area contributed by atoms with Gasteiger partial charge in [-0.3, -0.25) is 9.78 Å². The van der Waals surface area contributed by atoms with Crippen LogP contribution in [-0.4, -0.2) is 58.4 Å². The first-order valence-corrected chi connectivity index (χ1v) is 9.27. The summed E-state index contributed by atoms with van der Waals surface area (Å²) in [6.07, 6.45) is 3.03. The van der Waals surface area contributed by atoms with Crippen LogP contribution in [0.4, 0.5) is 4.39 Å². The lowest BCUT2D eigenvalue weighted by molar-refractivity contribution is -0.0855. The average Bonchev–Trinajstić information content (AvgIpc) is 3.19. The predicted molar refractivity (Wildman–Crippen MR) is 102 cm³/mol. The lowest BCUT2D eigenvalue weighted by atomic mass is 10.1. The van der Waals surface area contributed by atoms with E-state index in [1.807, 2.05) is 0 Å². The Hall–Kier alpha value is -3.17. The Labute approximate surface area is 166 Å². The number of carbonyl (C=O) groups is 1. The molecule has 150 valence electrons. The van der Waals surface area contributed by atoms with E-state index >= 15 is 0 Å². The van der Waals surface area contributed by atoms with Gasteiger partial charge in [0, 0.05) is 30.1 Å². The summed E-state index contributed by atoms with van der Waals surface area (Å²) < 4.78 is 26.5. The van der Waals surface area contributed by atoms with Gasteiger partial charge in [0.05, 0.1) is 32.5 Å². The zero-order valence-corrected chi connectivity index (χ0v) is 15.6. The first kappa shape index (κ1) is 19.2. The fourth-order valence-electron chi connectivity index (χ4n) is 3.10. The summed E-state index contributed by atoms with van der Waals surface area (Å²) in [5.41, 5.74) is 1.81. The fourth-order valence-corrected chi connectivity index (χ4v) is 3.10. The highest BCUT2D eigenvalue weighted by molar-refractivity contribution is 5.98. The van der Waals surface area contributed by atoms with Gasteiger partial charge in [-0.25, -0.2) is 9.07 Å². The van der Waals surface area contributed by atoms with Crippen LogP contribution in [0.1, 0.15) is 16.1 Å². The van der Waals surface area contributed by atoms with Crippen molar-refractivity contribution in [2.24, 2.45) is 0 Å². The van der Waals surface area contributed by atoms with Crippen molar-refractivity contribution in [2.45, 2.75) is 12.6 Å². The molecule has 1 saturated heterocycles. The van der Waals surface area contributed by atoms with Crippen LogP contribution in [0.15, 0.2) is 48.8 Å². The number of halogens is 1. The van der Waals surface area contributed by atoms with Crippen LogP contribution in [0, 0.1) is 5.82 Å². The summed E-state index contributed by atoms with van der Waals surface area (Å²) in [5, 5.41) is 11.0. The first-order chi connectivity index (χ1) is 14.2. The molecule has 1 aliphatic rings. The first-order valence-electron chi connectivity index (χ1n) is 9.27. The van der Waals surface area contributed by atoms with Crippen molar-refractivity contribution in [3.63, 3.8) is 0 Å². The van der Waals surface area contributed by atoms with Gasteiger partial charge in [0.15, 0.2) is 5.69 Å². The maximum Gasteiger partial charge on any atom is 0.274 e. The molecule has 1 fully saturated rings. The molecule has 1 aromatic carbocycles. The molecule has 2 aromatic heterocycles. The molecule has 0 spiro atoms. The van der Waals surface area contributed by atoms with E-state index in [1.54, 1.807) is 42.7 Å². The number of nitrogens with one attached hydrogen (secondary N) is 1. The fraction of sp³-hybridized carbons (Fsp3) is 0.300. The van der Waals surface area contributed by atoms with Gasteiger partial charge in [0.1, 0.15) is 11.5 Å². The Kier molecular flexibility index (Phi) is 5.87. The predicted octanol–water partition coefficient (Wildman–Crippen LogP) is 1.67. The Morgan fingerprint density at radius 3 is 2.79 bits per heavy atom. The highest BCUT2D eigenvalue weighted by Crippen LogP contribution is 2.23. The molecule has 3 heterocycles. The van der Waals surface area contributed by atoms with Crippen LogP contribution in [-0.2, 0) is 16.0 Å². The van der Waals surface area contributed by atoms with Crippen LogP contribution in [0.3, 0.4) is 0 Å². The quantitative estimate of drug-likeness (QED) is 0.681. The minimum Gasteiger partial charge on any atom is -0.376 e. The molecule has 8 nitrogen and oxygen atoms in total. The molecule has 3 aromatic rings. The van der Waals surface area contributed by atoms with Crippen LogP contribution >= 0.6 is 0 Å². The van der Waals surface area contributed by atoms with Gasteiger partial charge >= 0.3 is 0 Å². The van der Waals surface area contributed by atoms with Crippen LogP contribution in [0.25, 0.3) is 11.3 Å². The van der Waals surface area contributed by atoms with E-state index in [4.69, 9.17) is 9.47 Å². The van der Waals surface area contributed by atoms with E-state index in [0.717, 1.165) is 0 Å². The molecule has 0 saturated carbocycles. The molecule has 29 heavy (non-hydrogen) atoms. The highest BCUT2D eigenvalue weighted by Gasteiger charge is 2.23. The standard InChI is InChI=1S/C20H20FN5O3/c21-17-4-2-1-3-15(17)12-26-19(14-5-7-22-8-6-14)18(24-25-26)20(27)23-11-16-13-28-9-10-29-16/h1-8,16H,9-13H2,(H,23,27)/t16-/m1/s1. The van der Waals surface area contributed by atoms with Crippen molar-refractivity contribution in [3.8, 4) is 11.3 Å². The van der Waals surface area contributed by atoms with E-state index in [9.17, 15) is 9.18 Å². The number of hydrogen-bond donors (Lipinski definition) is 1. The largest absolute Gasteiger partial charge is 0.376 e. The topological polar surface area (TPSA) is 91.2 Å². The summed E-state index contributed by atoms with van der Waals surface area (Å²) in [5.74, 6) is -0.727. The zero-order valence-electron chi connectivity index (χ0n) is 15.6. The number of rotatable bonds is 6. The lowest BCUT2D eigenvalue weighted by Crippen LogP contribution is -2.40. The second-order valence-electron chi connectivity index (χ2n) is 6.55. The third-order valence-corrected chi connectivity index (χ3v) is 4.56. The van der Waals surface area contributed by atoms with Gasteiger partial charge in [-0.1, -0.05) is 23.4 Å². The molecule has 0 bridgehead atoms. The number of ether oxygens (including phenoxy) is 2. The summed E-state index contributed by atoms with van der Waals surface area (Å²) >= 11 is 0. The second kappa shape index (κ2) is 8.89. The van der Waals surface area contributed by atoms with Crippen LogP contribution in [0.5, 0.6) is 0 Å². The van der Waals surface area contributed by atoms with Gasteiger partial charge < -0.3 is 14.8 Å². The van der Waals surface area contributed by atoms with E-state index in [-0.39, 0.29) is 30.1 Å². The maximum atomic E-state index is 14.1. The molecule has 1 N–H and O–H groups in total. The molecule has 1 atom stereocenters. The van der Waals surface area contributed by atoms with Crippen LogP contribution in [0.2, 0.25) is 0 Å². The van der Waals surface area contributed by atoms with Gasteiger partial charge in [-0.15, -0.1) is 5.10 Å². The van der Waals surface area contributed by atoms with Crippen molar-refractivity contribution < 1.29 is 18.7 Å². The Morgan fingerprint density at radius 2 is 2.03 bits per heavy atom. The van der Waals surface area contributed by atoms with E-state index in [0.29, 0.717) is 43.2 Å². The molecule has 0 radical (unpaired) electrons. The SMILES string of the molecule is O=C(NC[C@@H]1COCCO1)c1nnn(Cc2ccccc2F)c1-c1ccncc1. The Balaban J connectivity index is 1.60. The molecular weight excluding hydrogens is 377 g/mol. The second-order valence-corrected chi connectivity index (χ2v) is 6.55. The molecule has 4 rings (SSSR count). The minimum absolute atomic E-state index is 0.143. The van der Waals surface area contributed by atoms with E-state index in [2.05, 4.69) is 20.6 Å². The summed E-state index contributed by atoms with van der Waals surface area (Å²) in [6.45, 7) is 1.93. The van der Waals surface area contributed by atoms with E-state index < -0.39 is 0 Å². The van der Waals surface area contributed by atoms with Crippen molar-refractivity contribution in [3.05, 3.63) is 65.9 Å². The molecular formula is C20H20FN5O3. The average molecular weight is 397 g/mol. The number of amides is 1. The van der Waals surface area contributed by atoms with Crippen molar-refractivity contribution in [2.75, 3.05) is 26.4 Å². The van der Waals surface area contributed by atoms with Gasteiger partial charge in [-0.05, 0) is 18.2 Å². The van der Waals surface area contributed by atoms with Gasteiger partial charge in [0.2, 0.25) is 0 Å². The molecule has 0 unspecified atom stereocenters. The summed E-state index contributed by atoms with van der Waals surface area (Å²) in [6, 6.07) is 9.95. The lowest BCUT2D eigenvalue weighted by Gasteiger charge is -2.22. The molecule has 0 aliphatic carbocycles. The van der Waals surface area contributed by atoms with Crippen molar-refractivity contribution in [1.29, 1.82) is 0 Å². The van der Waals surface area contributed by atoms with Gasteiger partial charge in [0.25, 0.3) is 5.91 Å². The Morgan fingerprint density at radius 1 is 1.21 bits per heavy atom. The number of aromatic nitrogens is 4. The minimum atomic E-state index is -0.384.